The minimum Gasteiger partial charge on any atom is -0.466 e. The quantitative estimate of drug-likeness (QED) is 0.811. The summed E-state index contributed by atoms with van der Waals surface area (Å²) in [6, 6.07) is 2.21. The molecule has 1 aromatic heterocycles. The molecule has 100 valence electrons. The normalized spacial score (nSPS) is 23.8. The van der Waals surface area contributed by atoms with Crippen molar-refractivity contribution in [1.29, 1.82) is 0 Å². The van der Waals surface area contributed by atoms with E-state index in [0.29, 0.717) is 19.2 Å². The molecule has 2 atom stereocenters. The van der Waals surface area contributed by atoms with E-state index >= 15 is 0 Å². The van der Waals surface area contributed by atoms with Crippen LogP contribution in [0.2, 0.25) is 0 Å². The number of rotatable bonds is 5. The summed E-state index contributed by atoms with van der Waals surface area (Å²) in [6.45, 7) is 2.98. The van der Waals surface area contributed by atoms with Gasteiger partial charge in [0.15, 0.2) is 0 Å². The molecule has 1 aliphatic rings. The number of esters is 1. The molecule has 0 radical (unpaired) electrons. The average Bonchev–Trinajstić information content (AvgIpc) is 2.90. The van der Waals surface area contributed by atoms with Gasteiger partial charge in [-0.2, -0.15) is 0 Å². The zero-order valence-corrected chi connectivity index (χ0v) is 10.7. The summed E-state index contributed by atoms with van der Waals surface area (Å²) < 4.78 is 10.1. The van der Waals surface area contributed by atoms with Gasteiger partial charge in [-0.05, 0) is 26.2 Å². The van der Waals surface area contributed by atoms with Gasteiger partial charge in [-0.15, -0.1) is 0 Å². The number of ether oxygens (including phenoxy) is 1. The van der Waals surface area contributed by atoms with Crippen LogP contribution in [0.5, 0.6) is 0 Å². The summed E-state index contributed by atoms with van der Waals surface area (Å²) in [5, 5.41) is 7.07. The number of carbonyl (C=O) groups is 1. The first-order chi connectivity index (χ1) is 8.79. The van der Waals surface area contributed by atoms with Crippen LogP contribution in [0.3, 0.4) is 0 Å². The Hall–Kier alpha value is -1.36. The lowest BCUT2D eigenvalue weighted by Gasteiger charge is -2.28. The van der Waals surface area contributed by atoms with E-state index in [4.69, 9.17) is 9.26 Å². The molecule has 0 spiro atoms. The number of hydrogen-bond acceptors (Lipinski definition) is 5. The van der Waals surface area contributed by atoms with E-state index in [9.17, 15) is 4.79 Å². The maximum atomic E-state index is 11.7. The Labute approximate surface area is 107 Å². The number of hydrogen-bond donors (Lipinski definition) is 1. The predicted octanol–water partition coefficient (Wildman–Crippen LogP) is 1.89. The molecule has 1 saturated carbocycles. The molecular formula is C13H20N2O3. The second-order valence-corrected chi connectivity index (χ2v) is 4.67. The molecule has 5 nitrogen and oxygen atoms in total. The summed E-state index contributed by atoms with van der Waals surface area (Å²) in [5.41, 5.74) is 0. The molecular weight excluding hydrogens is 232 g/mol. The van der Waals surface area contributed by atoms with Gasteiger partial charge in [-0.25, -0.2) is 0 Å². The van der Waals surface area contributed by atoms with Crippen molar-refractivity contribution in [3.05, 3.63) is 18.0 Å². The van der Waals surface area contributed by atoms with Crippen molar-refractivity contribution in [2.24, 2.45) is 5.92 Å². The van der Waals surface area contributed by atoms with E-state index in [-0.39, 0.29) is 11.9 Å². The van der Waals surface area contributed by atoms with Gasteiger partial charge in [0.2, 0.25) is 0 Å². The average molecular weight is 252 g/mol. The largest absolute Gasteiger partial charge is 0.466 e. The van der Waals surface area contributed by atoms with E-state index in [1.165, 1.54) is 0 Å². The molecule has 1 fully saturated rings. The molecule has 0 aliphatic heterocycles. The fourth-order valence-corrected chi connectivity index (χ4v) is 2.43. The van der Waals surface area contributed by atoms with E-state index in [2.05, 4.69) is 10.5 Å². The SMILES string of the molecule is CCOC(=O)C1CCCC(NCc2ccno2)C1. The van der Waals surface area contributed by atoms with Gasteiger partial charge in [0.1, 0.15) is 5.76 Å². The molecule has 1 heterocycles. The molecule has 0 bridgehead atoms. The van der Waals surface area contributed by atoms with Gasteiger partial charge in [0.05, 0.1) is 25.3 Å². The number of nitrogens with zero attached hydrogens (tertiary/aromatic N) is 1. The zero-order chi connectivity index (χ0) is 12.8. The maximum Gasteiger partial charge on any atom is 0.308 e. The summed E-state index contributed by atoms with van der Waals surface area (Å²) >= 11 is 0. The predicted molar refractivity (Wildman–Crippen MR) is 65.7 cm³/mol. The Morgan fingerprint density at radius 2 is 2.50 bits per heavy atom. The second-order valence-electron chi connectivity index (χ2n) is 4.67. The minimum atomic E-state index is -0.0522. The Morgan fingerprint density at radius 3 is 3.22 bits per heavy atom. The zero-order valence-electron chi connectivity index (χ0n) is 10.7. The summed E-state index contributed by atoms with van der Waals surface area (Å²) in [5.74, 6) is 0.822. The fourth-order valence-electron chi connectivity index (χ4n) is 2.43. The molecule has 0 aromatic carbocycles. The molecule has 0 amide bonds. The van der Waals surface area contributed by atoms with Crippen LogP contribution in [0.1, 0.15) is 38.4 Å². The number of aromatic nitrogens is 1. The van der Waals surface area contributed by atoms with Crippen LogP contribution in [-0.4, -0.2) is 23.8 Å². The standard InChI is InChI=1S/C13H20N2O3/c1-2-17-13(16)10-4-3-5-11(8-10)14-9-12-6-7-15-18-12/h6-7,10-11,14H,2-5,8-9H2,1H3. The lowest BCUT2D eigenvalue weighted by Crippen LogP contribution is -2.36. The fraction of sp³-hybridized carbons (Fsp3) is 0.692. The molecule has 1 N–H and O–H groups in total. The molecule has 1 aliphatic carbocycles. The van der Waals surface area contributed by atoms with Gasteiger partial charge < -0.3 is 14.6 Å². The van der Waals surface area contributed by atoms with Crippen molar-refractivity contribution in [3.63, 3.8) is 0 Å². The molecule has 2 unspecified atom stereocenters. The third-order valence-corrected chi connectivity index (χ3v) is 3.35. The van der Waals surface area contributed by atoms with Crippen LogP contribution in [-0.2, 0) is 16.1 Å². The van der Waals surface area contributed by atoms with E-state index in [1.807, 2.05) is 13.0 Å². The Bertz CT molecular complexity index is 364. The topological polar surface area (TPSA) is 64.4 Å². The molecule has 18 heavy (non-hydrogen) atoms. The smallest absolute Gasteiger partial charge is 0.308 e. The lowest BCUT2D eigenvalue weighted by molar-refractivity contribution is -0.149. The van der Waals surface area contributed by atoms with Crippen LogP contribution >= 0.6 is 0 Å². The lowest BCUT2D eigenvalue weighted by atomic mass is 9.85. The van der Waals surface area contributed by atoms with Crippen LogP contribution in [0.4, 0.5) is 0 Å². The Balaban J connectivity index is 1.77. The summed E-state index contributed by atoms with van der Waals surface area (Å²) in [4.78, 5) is 11.7. The van der Waals surface area contributed by atoms with Gasteiger partial charge in [-0.3, -0.25) is 4.79 Å². The van der Waals surface area contributed by atoms with Crippen LogP contribution in [0.25, 0.3) is 0 Å². The van der Waals surface area contributed by atoms with E-state index < -0.39 is 0 Å². The van der Waals surface area contributed by atoms with Crippen molar-refractivity contribution < 1.29 is 14.1 Å². The van der Waals surface area contributed by atoms with E-state index in [0.717, 1.165) is 31.4 Å². The minimum absolute atomic E-state index is 0.0472. The highest BCUT2D eigenvalue weighted by Gasteiger charge is 2.27. The van der Waals surface area contributed by atoms with E-state index in [1.54, 1.807) is 6.20 Å². The first-order valence-electron chi connectivity index (χ1n) is 6.59. The molecule has 5 heteroatoms. The van der Waals surface area contributed by atoms with Crippen molar-refractivity contribution in [3.8, 4) is 0 Å². The van der Waals surface area contributed by atoms with Crippen molar-refractivity contribution in [1.82, 2.24) is 10.5 Å². The molecule has 2 rings (SSSR count). The number of carbonyl (C=O) groups excluding carboxylic acids is 1. The highest BCUT2D eigenvalue weighted by Crippen LogP contribution is 2.25. The second kappa shape index (κ2) is 6.54. The molecule has 1 aromatic rings. The third kappa shape index (κ3) is 3.57. The number of nitrogens with one attached hydrogen (secondary N) is 1. The van der Waals surface area contributed by atoms with Crippen LogP contribution in [0.15, 0.2) is 16.8 Å². The van der Waals surface area contributed by atoms with Gasteiger partial charge in [0, 0.05) is 12.1 Å². The summed E-state index contributed by atoms with van der Waals surface area (Å²) in [6.07, 6.45) is 5.60. The molecule has 0 saturated heterocycles. The van der Waals surface area contributed by atoms with Gasteiger partial charge in [-0.1, -0.05) is 11.6 Å². The third-order valence-electron chi connectivity index (χ3n) is 3.35. The van der Waals surface area contributed by atoms with Gasteiger partial charge >= 0.3 is 5.97 Å². The Kier molecular flexibility index (Phi) is 4.75. The summed E-state index contributed by atoms with van der Waals surface area (Å²) in [7, 11) is 0. The first kappa shape index (κ1) is 13.1. The highest BCUT2D eigenvalue weighted by molar-refractivity contribution is 5.72. The maximum absolute atomic E-state index is 11.7. The van der Waals surface area contributed by atoms with Crippen LogP contribution in [0, 0.1) is 5.92 Å². The first-order valence-corrected chi connectivity index (χ1v) is 6.59. The van der Waals surface area contributed by atoms with Crippen molar-refractivity contribution in [2.45, 2.75) is 45.2 Å². The van der Waals surface area contributed by atoms with Crippen molar-refractivity contribution in [2.75, 3.05) is 6.61 Å². The van der Waals surface area contributed by atoms with Gasteiger partial charge in [0.25, 0.3) is 0 Å². The van der Waals surface area contributed by atoms with Crippen molar-refractivity contribution >= 4 is 5.97 Å². The highest BCUT2D eigenvalue weighted by atomic mass is 16.5. The monoisotopic (exact) mass is 252 g/mol. The van der Waals surface area contributed by atoms with Crippen LogP contribution < -0.4 is 5.32 Å². The Morgan fingerprint density at radius 1 is 1.61 bits per heavy atom.